The molecule has 1 aliphatic heterocycles. The predicted octanol–water partition coefficient (Wildman–Crippen LogP) is 2.52. The van der Waals surface area contributed by atoms with Crippen molar-refractivity contribution in [1.82, 2.24) is 0 Å². The van der Waals surface area contributed by atoms with Gasteiger partial charge < -0.3 is 9.84 Å². The van der Waals surface area contributed by atoms with Crippen molar-refractivity contribution < 1.29 is 9.84 Å². The van der Waals surface area contributed by atoms with Crippen LogP contribution in [0.3, 0.4) is 0 Å². The maximum atomic E-state index is 10.1. The van der Waals surface area contributed by atoms with Crippen LogP contribution in [0.15, 0.2) is 12.2 Å². The lowest BCUT2D eigenvalue weighted by Crippen LogP contribution is -2.25. The van der Waals surface area contributed by atoms with Gasteiger partial charge in [0.15, 0.2) is 0 Å². The van der Waals surface area contributed by atoms with Crippen LogP contribution in [0.1, 0.15) is 39.0 Å². The summed E-state index contributed by atoms with van der Waals surface area (Å²) < 4.78 is 5.10. The second kappa shape index (κ2) is 5.13. The third kappa shape index (κ3) is 3.32. The van der Waals surface area contributed by atoms with Gasteiger partial charge in [-0.1, -0.05) is 31.9 Å². The van der Waals surface area contributed by atoms with Gasteiger partial charge in [-0.2, -0.15) is 0 Å². The molecule has 1 N–H and O–H groups in total. The molecule has 3 atom stereocenters. The molecule has 0 aromatic heterocycles. The average Bonchev–Trinajstić information content (AvgIpc) is 2.90. The van der Waals surface area contributed by atoms with Crippen molar-refractivity contribution in [2.24, 2.45) is 11.8 Å². The number of aliphatic hydroxyl groups excluding tert-OH is 1. The van der Waals surface area contributed by atoms with E-state index >= 15 is 0 Å². The molecule has 0 aromatic carbocycles. The molecule has 1 saturated heterocycles. The Hall–Kier alpha value is -0.340. The lowest BCUT2D eigenvalue weighted by atomic mass is 9.89. The summed E-state index contributed by atoms with van der Waals surface area (Å²) in [5, 5.41) is 10.1. The highest BCUT2D eigenvalue weighted by atomic mass is 16.6. The van der Waals surface area contributed by atoms with Crippen LogP contribution < -0.4 is 0 Å². The highest BCUT2D eigenvalue weighted by Gasteiger charge is 2.27. The summed E-state index contributed by atoms with van der Waals surface area (Å²) in [6, 6.07) is 0. The summed E-state index contributed by atoms with van der Waals surface area (Å²) in [6.45, 7) is 3.04. The second-order valence-electron chi connectivity index (χ2n) is 5.05. The molecule has 15 heavy (non-hydrogen) atoms. The Labute approximate surface area is 92.3 Å². The highest BCUT2D eigenvalue weighted by molar-refractivity contribution is 4.97. The molecule has 3 unspecified atom stereocenters. The standard InChI is InChI=1S/C13H22O2/c1-10(5-4-8-12-9-15-12)13(14)11-6-2-3-7-11/h4,8,10-14H,2-3,5-7,9H2,1H3/b8-4-. The van der Waals surface area contributed by atoms with Crippen molar-refractivity contribution >= 4 is 0 Å². The molecule has 0 amide bonds. The zero-order valence-electron chi connectivity index (χ0n) is 9.56. The zero-order valence-corrected chi connectivity index (χ0v) is 9.56. The third-order valence-corrected chi connectivity index (χ3v) is 3.68. The van der Waals surface area contributed by atoms with Crippen LogP contribution in [0, 0.1) is 11.8 Å². The summed E-state index contributed by atoms with van der Waals surface area (Å²) in [5.74, 6) is 0.952. The number of ether oxygens (including phenoxy) is 1. The van der Waals surface area contributed by atoms with E-state index in [1.807, 2.05) is 0 Å². The Balaban J connectivity index is 1.70. The first-order valence-corrected chi connectivity index (χ1v) is 6.23. The number of rotatable bonds is 5. The monoisotopic (exact) mass is 210 g/mol. The summed E-state index contributed by atoms with van der Waals surface area (Å²) in [4.78, 5) is 0. The van der Waals surface area contributed by atoms with E-state index in [4.69, 9.17) is 4.74 Å². The fourth-order valence-electron chi connectivity index (χ4n) is 2.51. The molecule has 86 valence electrons. The number of epoxide rings is 1. The van der Waals surface area contributed by atoms with Crippen molar-refractivity contribution in [3.05, 3.63) is 12.2 Å². The van der Waals surface area contributed by atoms with E-state index in [0.29, 0.717) is 17.9 Å². The first kappa shape index (κ1) is 11.2. The lowest BCUT2D eigenvalue weighted by Gasteiger charge is -2.23. The van der Waals surface area contributed by atoms with E-state index in [1.54, 1.807) is 0 Å². The van der Waals surface area contributed by atoms with Crippen LogP contribution in [0.2, 0.25) is 0 Å². The summed E-state index contributed by atoms with van der Waals surface area (Å²) in [6.07, 6.45) is 10.6. The number of allylic oxidation sites excluding steroid dienone is 1. The first-order chi connectivity index (χ1) is 7.27. The molecule has 1 saturated carbocycles. The van der Waals surface area contributed by atoms with E-state index in [0.717, 1.165) is 13.0 Å². The van der Waals surface area contributed by atoms with Gasteiger partial charge in [-0.3, -0.25) is 0 Å². The van der Waals surface area contributed by atoms with Gasteiger partial charge in [0.25, 0.3) is 0 Å². The van der Waals surface area contributed by atoms with Gasteiger partial charge in [-0.15, -0.1) is 0 Å². The maximum absolute atomic E-state index is 10.1. The van der Waals surface area contributed by atoms with E-state index in [2.05, 4.69) is 19.1 Å². The molecule has 0 radical (unpaired) electrons. The van der Waals surface area contributed by atoms with Gasteiger partial charge in [-0.25, -0.2) is 0 Å². The first-order valence-electron chi connectivity index (χ1n) is 6.23. The van der Waals surface area contributed by atoms with Crippen LogP contribution in [0.5, 0.6) is 0 Å². The van der Waals surface area contributed by atoms with E-state index < -0.39 is 0 Å². The van der Waals surface area contributed by atoms with Gasteiger partial charge in [0.1, 0.15) is 0 Å². The Kier molecular flexibility index (Phi) is 3.81. The number of hydrogen-bond donors (Lipinski definition) is 1. The lowest BCUT2D eigenvalue weighted by molar-refractivity contribution is 0.0611. The Morgan fingerprint density at radius 3 is 2.67 bits per heavy atom. The quantitative estimate of drug-likeness (QED) is 0.558. The third-order valence-electron chi connectivity index (χ3n) is 3.68. The molecule has 0 spiro atoms. The molecule has 0 aromatic rings. The van der Waals surface area contributed by atoms with Gasteiger partial charge in [0, 0.05) is 0 Å². The van der Waals surface area contributed by atoms with Crippen molar-refractivity contribution in [2.75, 3.05) is 6.61 Å². The van der Waals surface area contributed by atoms with Crippen molar-refractivity contribution in [2.45, 2.75) is 51.2 Å². The SMILES string of the molecule is CC(C/C=C\C1CO1)C(O)C1CCCC1. The van der Waals surface area contributed by atoms with Crippen LogP contribution in [0.4, 0.5) is 0 Å². The Bertz CT molecular complexity index is 215. The zero-order chi connectivity index (χ0) is 10.7. The van der Waals surface area contributed by atoms with Crippen molar-refractivity contribution in [3.63, 3.8) is 0 Å². The minimum absolute atomic E-state index is 0.0997. The topological polar surface area (TPSA) is 32.8 Å². The van der Waals surface area contributed by atoms with Gasteiger partial charge >= 0.3 is 0 Å². The number of hydrogen-bond acceptors (Lipinski definition) is 2. The molecule has 2 aliphatic rings. The molecule has 2 nitrogen and oxygen atoms in total. The van der Waals surface area contributed by atoms with Crippen molar-refractivity contribution in [1.29, 1.82) is 0 Å². The fraction of sp³-hybridized carbons (Fsp3) is 0.846. The molecule has 0 bridgehead atoms. The fourth-order valence-corrected chi connectivity index (χ4v) is 2.51. The van der Waals surface area contributed by atoms with Gasteiger partial charge in [0.05, 0.1) is 18.8 Å². The van der Waals surface area contributed by atoms with Crippen LogP contribution in [-0.4, -0.2) is 23.9 Å². The van der Waals surface area contributed by atoms with E-state index in [9.17, 15) is 5.11 Å². The molecular weight excluding hydrogens is 188 g/mol. The van der Waals surface area contributed by atoms with Crippen LogP contribution in [0.25, 0.3) is 0 Å². The van der Waals surface area contributed by atoms with Crippen LogP contribution in [-0.2, 0) is 4.74 Å². The second-order valence-corrected chi connectivity index (χ2v) is 5.05. The maximum Gasteiger partial charge on any atom is 0.0991 e. The largest absolute Gasteiger partial charge is 0.393 e. The van der Waals surface area contributed by atoms with Crippen LogP contribution >= 0.6 is 0 Å². The predicted molar refractivity (Wildman–Crippen MR) is 60.6 cm³/mol. The number of aliphatic hydroxyl groups is 1. The normalized spacial score (nSPS) is 30.9. The summed E-state index contributed by atoms with van der Waals surface area (Å²) in [5.41, 5.74) is 0. The summed E-state index contributed by atoms with van der Waals surface area (Å²) >= 11 is 0. The van der Waals surface area contributed by atoms with Crippen molar-refractivity contribution in [3.8, 4) is 0 Å². The van der Waals surface area contributed by atoms with E-state index in [-0.39, 0.29) is 6.10 Å². The summed E-state index contributed by atoms with van der Waals surface area (Å²) in [7, 11) is 0. The Morgan fingerprint density at radius 2 is 2.07 bits per heavy atom. The van der Waals surface area contributed by atoms with E-state index in [1.165, 1.54) is 25.7 Å². The average molecular weight is 210 g/mol. The molecule has 2 rings (SSSR count). The van der Waals surface area contributed by atoms with Gasteiger partial charge in [-0.05, 0) is 31.1 Å². The van der Waals surface area contributed by atoms with Gasteiger partial charge in [0.2, 0.25) is 0 Å². The minimum Gasteiger partial charge on any atom is -0.393 e. The minimum atomic E-state index is -0.0997. The molecule has 1 heterocycles. The smallest absolute Gasteiger partial charge is 0.0991 e. The molecule has 2 fully saturated rings. The Morgan fingerprint density at radius 1 is 1.40 bits per heavy atom. The molecule has 2 heteroatoms. The molecule has 1 aliphatic carbocycles. The highest BCUT2D eigenvalue weighted by Crippen LogP contribution is 2.31. The molecular formula is C13H22O2.